The maximum Gasteiger partial charge on any atom is 0.257 e. The Hall–Kier alpha value is -4.04. The molecule has 39 heavy (non-hydrogen) atoms. The molecule has 0 atom stereocenters. The molecule has 0 spiro atoms. The maximum atomic E-state index is 13.5. The molecule has 2 aromatic heterocycles. The molecule has 0 bridgehead atoms. The van der Waals surface area contributed by atoms with E-state index in [1.165, 1.54) is 25.7 Å². The lowest BCUT2D eigenvalue weighted by molar-refractivity contribution is 0.0618. The molecule has 3 aromatic rings. The van der Waals surface area contributed by atoms with E-state index in [1.54, 1.807) is 12.3 Å². The Kier molecular flexibility index (Phi) is 6.12. The summed E-state index contributed by atoms with van der Waals surface area (Å²) in [6.45, 7) is 4.03. The zero-order valence-electron chi connectivity index (χ0n) is 21.8. The van der Waals surface area contributed by atoms with Gasteiger partial charge in [-0.3, -0.25) is 9.69 Å². The minimum Gasteiger partial charge on any atom is -0.485 e. The Morgan fingerprint density at radius 1 is 1.03 bits per heavy atom. The van der Waals surface area contributed by atoms with E-state index in [4.69, 9.17) is 14.5 Å². The molecule has 7 rings (SSSR count). The molecule has 1 amide bonds. The first-order valence-corrected chi connectivity index (χ1v) is 14.0. The maximum absolute atomic E-state index is 13.5. The van der Waals surface area contributed by atoms with Crippen molar-refractivity contribution < 1.29 is 14.3 Å². The average molecular weight is 529 g/mol. The van der Waals surface area contributed by atoms with E-state index >= 15 is 0 Å². The van der Waals surface area contributed by atoms with Crippen molar-refractivity contribution in [3.63, 3.8) is 0 Å². The van der Waals surface area contributed by atoms with Crippen LogP contribution in [0.15, 0.2) is 18.3 Å². The number of benzene rings is 1. The number of nitriles is 1. The van der Waals surface area contributed by atoms with Gasteiger partial charge in [0.1, 0.15) is 30.7 Å². The summed E-state index contributed by atoms with van der Waals surface area (Å²) in [5, 5.41) is 17.1. The van der Waals surface area contributed by atoms with Crippen LogP contribution in [0.25, 0.3) is 11.0 Å². The fraction of sp³-hybridized carbons (Fsp3) is 0.500. The molecule has 1 aromatic carbocycles. The molecule has 11 nitrogen and oxygen atoms in total. The van der Waals surface area contributed by atoms with E-state index in [0.717, 1.165) is 39.0 Å². The van der Waals surface area contributed by atoms with E-state index < -0.39 is 0 Å². The fourth-order valence-electron chi connectivity index (χ4n) is 5.97. The zero-order valence-corrected chi connectivity index (χ0v) is 21.8. The van der Waals surface area contributed by atoms with Crippen molar-refractivity contribution in [1.82, 2.24) is 24.8 Å². The van der Waals surface area contributed by atoms with Crippen molar-refractivity contribution in [3.05, 3.63) is 29.5 Å². The monoisotopic (exact) mass is 528 g/mol. The van der Waals surface area contributed by atoms with Crippen LogP contribution in [0, 0.1) is 11.3 Å². The lowest BCUT2D eigenvalue weighted by atomic mass is 10.1. The Labute approximate surface area is 226 Å². The van der Waals surface area contributed by atoms with Gasteiger partial charge in [0, 0.05) is 44.5 Å². The quantitative estimate of drug-likeness (QED) is 0.439. The number of amides is 1. The molecule has 4 heterocycles. The van der Waals surface area contributed by atoms with Crippen LogP contribution in [0.5, 0.6) is 11.5 Å². The van der Waals surface area contributed by atoms with Crippen LogP contribution in [-0.4, -0.2) is 82.1 Å². The third-order valence-electron chi connectivity index (χ3n) is 8.18. The van der Waals surface area contributed by atoms with Gasteiger partial charge in [0.05, 0.1) is 22.2 Å². The molecule has 2 aliphatic heterocycles. The summed E-state index contributed by atoms with van der Waals surface area (Å²) in [6, 6.07) is 6.89. The number of hydrogen-bond acceptors (Lipinski definition) is 9. The number of carbonyl (C=O) groups is 1. The highest BCUT2D eigenvalue weighted by atomic mass is 16.6. The molecule has 1 saturated heterocycles. The minimum absolute atomic E-state index is 0.0325. The Morgan fingerprint density at radius 3 is 2.54 bits per heavy atom. The molecule has 3 fully saturated rings. The van der Waals surface area contributed by atoms with Crippen LogP contribution in [0.3, 0.4) is 0 Å². The summed E-state index contributed by atoms with van der Waals surface area (Å²) >= 11 is 0. The highest BCUT2D eigenvalue weighted by Gasteiger charge is 2.34. The minimum atomic E-state index is -0.0325. The average Bonchev–Trinajstić information content (AvgIpc) is 3.54. The van der Waals surface area contributed by atoms with E-state index in [9.17, 15) is 10.1 Å². The molecular formula is C28H32N8O3. The number of aromatic nitrogens is 3. The van der Waals surface area contributed by atoms with Gasteiger partial charge in [0.15, 0.2) is 11.5 Å². The molecule has 2 aliphatic carbocycles. The number of nitrogens with zero attached hydrogens (tertiary/aromatic N) is 5. The number of H-pyrrole nitrogens is 1. The van der Waals surface area contributed by atoms with Crippen molar-refractivity contribution in [2.24, 2.45) is 0 Å². The van der Waals surface area contributed by atoms with Gasteiger partial charge in [0.25, 0.3) is 5.91 Å². The molecule has 0 radical (unpaired) electrons. The highest BCUT2D eigenvalue weighted by Crippen LogP contribution is 2.42. The van der Waals surface area contributed by atoms with Gasteiger partial charge in [-0.2, -0.15) is 15.2 Å². The predicted molar refractivity (Wildman–Crippen MR) is 146 cm³/mol. The van der Waals surface area contributed by atoms with Crippen LogP contribution < -0.4 is 20.1 Å². The molecule has 202 valence electrons. The Bertz CT molecular complexity index is 1450. The van der Waals surface area contributed by atoms with Crippen LogP contribution in [0.1, 0.15) is 54.4 Å². The molecule has 3 N–H and O–H groups in total. The summed E-state index contributed by atoms with van der Waals surface area (Å²) < 4.78 is 12.0. The number of ether oxygens (including phenoxy) is 2. The SMILES string of the molecule is N#Cc1c[nH]c2nc(Nc3ccc(C(=O)N4CCN(C5CC5)CC4)c4c3OCCO4)nc(NC3CCCC3)c12. The van der Waals surface area contributed by atoms with Gasteiger partial charge >= 0.3 is 0 Å². The first kappa shape index (κ1) is 24.0. The summed E-state index contributed by atoms with van der Waals surface area (Å²) in [6.07, 6.45) is 8.72. The van der Waals surface area contributed by atoms with Gasteiger partial charge in [-0.05, 0) is 37.8 Å². The van der Waals surface area contributed by atoms with Gasteiger partial charge in [-0.25, -0.2) is 0 Å². The number of carbonyl (C=O) groups excluding carboxylic acids is 1. The van der Waals surface area contributed by atoms with Crippen LogP contribution in [-0.2, 0) is 0 Å². The molecule has 0 unspecified atom stereocenters. The normalized spacial score (nSPS) is 19.7. The summed E-state index contributed by atoms with van der Waals surface area (Å²) in [4.78, 5) is 30.4. The van der Waals surface area contributed by atoms with Crippen molar-refractivity contribution in [3.8, 4) is 17.6 Å². The summed E-state index contributed by atoms with van der Waals surface area (Å²) in [5.41, 5.74) is 2.22. The van der Waals surface area contributed by atoms with Gasteiger partial charge < -0.3 is 30.0 Å². The smallest absolute Gasteiger partial charge is 0.257 e. The lowest BCUT2D eigenvalue weighted by Crippen LogP contribution is -2.49. The van der Waals surface area contributed by atoms with Crippen molar-refractivity contribution in [2.75, 3.05) is 50.0 Å². The lowest BCUT2D eigenvalue weighted by Gasteiger charge is -2.35. The number of piperazine rings is 1. The predicted octanol–water partition coefficient (Wildman–Crippen LogP) is 3.62. The molecule has 11 heteroatoms. The van der Waals surface area contributed by atoms with Gasteiger partial charge in [-0.1, -0.05) is 12.8 Å². The van der Waals surface area contributed by atoms with Crippen molar-refractivity contribution in [2.45, 2.75) is 50.6 Å². The van der Waals surface area contributed by atoms with Crippen molar-refractivity contribution >= 4 is 34.4 Å². The third-order valence-corrected chi connectivity index (χ3v) is 8.18. The first-order chi connectivity index (χ1) is 19.2. The second-order valence-electron chi connectivity index (χ2n) is 10.8. The fourth-order valence-corrected chi connectivity index (χ4v) is 5.97. The van der Waals surface area contributed by atoms with Crippen LogP contribution in [0.2, 0.25) is 0 Å². The Morgan fingerprint density at radius 2 is 1.79 bits per heavy atom. The summed E-state index contributed by atoms with van der Waals surface area (Å²) in [7, 11) is 0. The highest BCUT2D eigenvalue weighted by molar-refractivity contribution is 5.99. The van der Waals surface area contributed by atoms with Gasteiger partial charge in [-0.15, -0.1) is 0 Å². The zero-order chi connectivity index (χ0) is 26.3. The largest absolute Gasteiger partial charge is 0.485 e. The molecular weight excluding hydrogens is 496 g/mol. The number of rotatable bonds is 6. The molecule has 2 saturated carbocycles. The van der Waals surface area contributed by atoms with E-state index in [0.29, 0.717) is 76.4 Å². The second-order valence-corrected chi connectivity index (χ2v) is 10.8. The summed E-state index contributed by atoms with van der Waals surface area (Å²) in [5.74, 6) is 1.91. The third kappa shape index (κ3) is 4.59. The van der Waals surface area contributed by atoms with E-state index in [1.807, 2.05) is 11.0 Å². The van der Waals surface area contributed by atoms with Crippen LogP contribution in [0.4, 0.5) is 17.5 Å². The van der Waals surface area contributed by atoms with E-state index in [2.05, 4.69) is 31.6 Å². The Balaban J connectivity index is 1.17. The number of aromatic amines is 1. The topological polar surface area (TPSA) is 131 Å². The number of fused-ring (bicyclic) bond motifs is 2. The number of nitrogens with one attached hydrogen (secondary N) is 3. The van der Waals surface area contributed by atoms with E-state index in [-0.39, 0.29) is 5.91 Å². The standard InChI is InChI=1S/C28H32N8O3/c29-15-17-16-30-25-22(17)26(31-18-3-1-2-4-18)34-28(33-25)32-21-8-7-20(23-24(21)39-14-13-38-23)27(37)36-11-9-35(10-12-36)19-5-6-19/h7-8,16,18-19H,1-6,9-14H2,(H3,30,31,32,33,34). The van der Waals surface area contributed by atoms with Gasteiger partial charge in [0.2, 0.25) is 5.95 Å². The molecule has 4 aliphatic rings. The second kappa shape index (κ2) is 9.93. The number of anilines is 3. The van der Waals surface area contributed by atoms with Crippen molar-refractivity contribution in [1.29, 1.82) is 5.26 Å². The number of hydrogen-bond donors (Lipinski definition) is 3. The first-order valence-electron chi connectivity index (χ1n) is 14.0. The van der Waals surface area contributed by atoms with Crippen LogP contribution >= 0.6 is 0 Å².